The van der Waals surface area contributed by atoms with E-state index in [-0.39, 0.29) is 0 Å². The summed E-state index contributed by atoms with van der Waals surface area (Å²) >= 11 is 0. The molecule has 1 rings (SSSR count). The fourth-order valence-electron chi connectivity index (χ4n) is 1.59. The minimum Gasteiger partial charge on any atom is -0.493 e. The predicted octanol–water partition coefficient (Wildman–Crippen LogP) is 2.10. The van der Waals surface area contributed by atoms with E-state index in [1.807, 2.05) is 32.0 Å². The summed E-state index contributed by atoms with van der Waals surface area (Å²) in [7, 11) is 1.61. The van der Waals surface area contributed by atoms with Crippen molar-refractivity contribution >= 4 is 11.6 Å². The highest BCUT2D eigenvalue weighted by Gasteiger charge is 2.06. The molecule has 0 fully saturated rings. The van der Waals surface area contributed by atoms with Gasteiger partial charge in [0.15, 0.2) is 17.5 Å². The van der Waals surface area contributed by atoms with Crippen LogP contribution in [0.5, 0.6) is 11.5 Å². The number of anilines is 1. The van der Waals surface area contributed by atoms with Gasteiger partial charge >= 0.3 is 0 Å². The van der Waals surface area contributed by atoms with E-state index in [1.165, 1.54) is 0 Å². The molecule has 0 heterocycles. The molecule has 0 spiro atoms. The minimum absolute atomic E-state index is 0.323. The third kappa shape index (κ3) is 4.73. The summed E-state index contributed by atoms with van der Waals surface area (Å²) in [6.45, 7) is 5.57. The van der Waals surface area contributed by atoms with Crippen LogP contribution in [-0.2, 0) is 0 Å². The van der Waals surface area contributed by atoms with Crippen LogP contribution in [0.3, 0.4) is 0 Å². The van der Waals surface area contributed by atoms with Gasteiger partial charge in [-0.05, 0) is 26.0 Å². The Bertz CT molecular complexity index is 492. The molecule has 0 aromatic heterocycles. The number of rotatable bonds is 6. The fraction of sp³-hybridized carbons (Fsp3) is 0.400. The lowest BCUT2D eigenvalue weighted by atomic mass is 10.2. The first kappa shape index (κ1) is 15.7. The van der Waals surface area contributed by atoms with Gasteiger partial charge in [0, 0.05) is 18.3 Å². The molecule has 5 nitrogen and oxygen atoms in total. The molecule has 5 heteroatoms. The summed E-state index contributed by atoms with van der Waals surface area (Å²) in [5.74, 6) is 4.50. The smallest absolute Gasteiger partial charge is 0.196 e. The lowest BCUT2D eigenvalue weighted by Gasteiger charge is -2.14. The number of aliphatic imine (C=N–C) groups is 1. The van der Waals surface area contributed by atoms with Crippen LogP contribution in [0.2, 0.25) is 0 Å². The molecule has 0 unspecified atom stereocenters. The molecular formula is C15H21N3O2. The van der Waals surface area contributed by atoms with Gasteiger partial charge in [-0.15, -0.1) is 6.42 Å². The lowest BCUT2D eigenvalue weighted by molar-refractivity contribution is 0.311. The number of benzene rings is 1. The van der Waals surface area contributed by atoms with Crippen molar-refractivity contribution < 1.29 is 9.47 Å². The quantitative estimate of drug-likeness (QED) is 0.474. The van der Waals surface area contributed by atoms with Crippen molar-refractivity contribution in [3.63, 3.8) is 0 Å². The Morgan fingerprint density at radius 1 is 1.35 bits per heavy atom. The Kier molecular flexibility index (Phi) is 6.83. The molecule has 1 aromatic rings. The van der Waals surface area contributed by atoms with Crippen LogP contribution in [0, 0.1) is 12.3 Å². The molecule has 108 valence electrons. The van der Waals surface area contributed by atoms with Crippen molar-refractivity contribution in [2.75, 3.05) is 32.1 Å². The van der Waals surface area contributed by atoms with Gasteiger partial charge in [0.2, 0.25) is 0 Å². The van der Waals surface area contributed by atoms with Gasteiger partial charge < -0.3 is 20.1 Å². The summed E-state index contributed by atoms with van der Waals surface area (Å²) in [5, 5.41) is 6.29. The van der Waals surface area contributed by atoms with Crippen molar-refractivity contribution in [2.24, 2.45) is 4.99 Å². The van der Waals surface area contributed by atoms with Crippen LogP contribution in [0.25, 0.3) is 0 Å². The molecule has 0 atom stereocenters. The van der Waals surface area contributed by atoms with Gasteiger partial charge in [0.25, 0.3) is 0 Å². The summed E-state index contributed by atoms with van der Waals surface area (Å²) in [4.78, 5) is 4.23. The van der Waals surface area contributed by atoms with Crippen molar-refractivity contribution in [1.29, 1.82) is 0 Å². The monoisotopic (exact) mass is 275 g/mol. The summed E-state index contributed by atoms with van der Waals surface area (Å²) < 4.78 is 10.8. The van der Waals surface area contributed by atoms with Gasteiger partial charge in [-0.3, -0.25) is 0 Å². The maximum absolute atomic E-state index is 5.53. The molecular weight excluding hydrogens is 254 g/mol. The Hall–Kier alpha value is -2.35. The van der Waals surface area contributed by atoms with E-state index in [4.69, 9.17) is 15.9 Å². The molecule has 0 aliphatic carbocycles. The highest BCUT2D eigenvalue weighted by atomic mass is 16.5. The van der Waals surface area contributed by atoms with Crippen molar-refractivity contribution in [1.82, 2.24) is 5.32 Å². The first-order valence-electron chi connectivity index (χ1n) is 6.54. The predicted molar refractivity (Wildman–Crippen MR) is 82.6 cm³/mol. The number of hydrogen-bond acceptors (Lipinski definition) is 3. The number of nitrogens with zero attached hydrogens (tertiary/aromatic N) is 1. The third-order valence-corrected chi connectivity index (χ3v) is 2.40. The minimum atomic E-state index is 0.323. The van der Waals surface area contributed by atoms with Crippen LogP contribution in [0.1, 0.15) is 13.8 Å². The second-order valence-electron chi connectivity index (χ2n) is 3.82. The van der Waals surface area contributed by atoms with E-state index < -0.39 is 0 Å². The van der Waals surface area contributed by atoms with Gasteiger partial charge in [-0.2, -0.15) is 0 Å². The maximum Gasteiger partial charge on any atom is 0.196 e. The molecule has 0 aliphatic rings. The highest BCUT2D eigenvalue weighted by molar-refractivity contribution is 5.94. The van der Waals surface area contributed by atoms with Gasteiger partial charge in [-0.25, -0.2) is 4.99 Å². The standard InChI is InChI=1S/C15H21N3O2/c1-5-10-17-15(16-6-2)18-12-8-9-13(19-4)14(11-12)20-7-3/h1,8-9,11H,6-7,10H2,2-4H3,(H2,16,17,18). The van der Waals surface area contributed by atoms with Gasteiger partial charge in [0.05, 0.1) is 13.7 Å². The normalized spacial score (nSPS) is 10.6. The average Bonchev–Trinajstić information content (AvgIpc) is 2.46. The molecule has 0 bridgehead atoms. The van der Waals surface area contributed by atoms with E-state index in [0.29, 0.717) is 30.6 Å². The first-order chi connectivity index (χ1) is 9.74. The zero-order valence-electron chi connectivity index (χ0n) is 12.2. The Labute approximate surface area is 120 Å². The van der Waals surface area contributed by atoms with E-state index in [0.717, 1.165) is 12.2 Å². The zero-order valence-corrected chi connectivity index (χ0v) is 12.2. The number of nitrogens with one attached hydrogen (secondary N) is 2. The number of ether oxygens (including phenoxy) is 2. The van der Waals surface area contributed by atoms with E-state index in [9.17, 15) is 0 Å². The zero-order chi connectivity index (χ0) is 14.8. The topological polar surface area (TPSA) is 54.9 Å². The molecule has 0 radical (unpaired) electrons. The summed E-state index contributed by atoms with van der Waals surface area (Å²) in [5.41, 5.74) is 0.853. The average molecular weight is 275 g/mol. The van der Waals surface area contributed by atoms with E-state index in [1.54, 1.807) is 7.11 Å². The Balaban J connectivity index is 2.90. The summed E-state index contributed by atoms with van der Waals surface area (Å²) in [6, 6.07) is 5.60. The number of terminal acetylenes is 1. The SMILES string of the molecule is C#CCN=C(NCC)Nc1ccc(OC)c(OCC)c1. The molecule has 0 aliphatic heterocycles. The Morgan fingerprint density at radius 2 is 2.15 bits per heavy atom. The van der Waals surface area contributed by atoms with Crippen LogP contribution in [0.15, 0.2) is 23.2 Å². The van der Waals surface area contributed by atoms with E-state index >= 15 is 0 Å². The Morgan fingerprint density at radius 3 is 2.75 bits per heavy atom. The summed E-state index contributed by atoms with van der Waals surface area (Å²) in [6.07, 6.45) is 5.22. The maximum atomic E-state index is 5.53. The molecule has 0 amide bonds. The molecule has 0 saturated carbocycles. The van der Waals surface area contributed by atoms with Crippen LogP contribution in [-0.4, -0.2) is 32.8 Å². The molecule has 0 saturated heterocycles. The van der Waals surface area contributed by atoms with Gasteiger partial charge in [-0.1, -0.05) is 5.92 Å². The number of hydrogen-bond donors (Lipinski definition) is 2. The second-order valence-corrected chi connectivity index (χ2v) is 3.82. The van der Waals surface area contributed by atoms with Crippen molar-refractivity contribution in [2.45, 2.75) is 13.8 Å². The second kappa shape index (κ2) is 8.70. The third-order valence-electron chi connectivity index (χ3n) is 2.40. The van der Waals surface area contributed by atoms with E-state index in [2.05, 4.69) is 21.5 Å². The molecule has 2 N–H and O–H groups in total. The highest BCUT2D eigenvalue weighted by Crippen LogP contribution is 2.30. The van der Waals surface area contributed by atoms with Crippen LogP contribution < -0.4 is 20.1 Å². The van der Waals surface area contributed by atoms with Crippen molar-refractivity contribution in [3.05, 3.63) is 18.2 Å². The largest absolute Gasteiger partial charge is 0.493 e. The molecule has 20 heavy (non-hydrogen) atoms. The van der Waals surface area contributed by atoms with Crippen molar-refractivity contribution in [3.8, 4) is 23.8 Å². The first-order valence-corrected chi connectivity index (χ1v) is 6.54. The number of guanidine groups is 1. The lowest BCUT2D eigenvalue weighted by Crippen LogP contribution is -2.30. The van der Waals surface area contributed by atoms with Crippen LogP contribution >= 0.6 is 0 Å². The number of methoxy groups -OCH3 is 1. The van der Waals surface area contributed by atoms with Crippen LogP contribution in [0.4, 0.5) is 5.69 Å². The van der Waals surface area contributed by atoms with Gasteiger partial charge in [0.1, 0.15) is 6.54 Å². The fourth-order valence-corrected chi connectivity index (χ4v) is 1.59. The molecule has 1 aromatic carbocycles.